The number of nitrogens with zero attached hydrogens (tertiary/aromatic N) is 2. The van der Waals surface area contributed by atoms with Gasteiger partial charge in [-0.2, -0.15) is 0 Å². The number of benzene rings is 1. The monoisotopic (exact) mass is 495 g/mol. The van der Waals surface area contributed by atoms with Gasteiger partial charge in [-0.3, -0.25) is 4.79 Å². The molecule has 0 bridgehead atoms. The predicted octanol–water partition coefficient (Wildman–Crippen LogP) is 4.48. The summed E-state index contributed by atoms with van der Waals surface area (Å²) in [6, 6.07) is 8.53. The summed E-state index contributed by atoms with van der Waals surface area (Å²) in [5.74, 6) is 0.0000817. The summed E-state index contributed by atoms with van der Waals surface area (Å²) in [5.41, 5.74) is 3.09. The van der Waals surface area contributed by atoms with E-state index in [1.54, 1.807) is 5.38 Å². The molecule has 1 aromatic heterocycles. The smallest absolute Gasteiger partial charge is 0.273 e. The summed E-state index contributed by atoms with van der Waals surface area (Å²) in [5, 5.41) is 1.80. The van der Waals surface area contributed by atoms with Gasteiger partial charge in [0.2, 0.25) is 0 Å². The van der Waals surface area contributed by atoms with Crippen molar-refractivity contribution in [3.8, 4) is 0 Å². The van der Waals surface area contributed by atoms with Crippen LogP contribution in [0, 0.1) is 5.41 Å². The van der Waals surface area contributed by atoms with Crippen molar-refractivity contribution < 1.29 is 9.35 Å². The van der Waals surface area contributed by atoms with E-state index >= 15 is 0 Å². The number of amides is 1. The van der Waals surface area contributed by atoms with Crippen molar-refractivity contribution in [2.24, 2.45) is 5.41 Å². The van der Waals surface area contributed by atoms with Gasteiger partial charge in [0.15, 0.2) is 3.92 Å². The number of hydrogen-bond acceptors (Lipinski definition) is 5. The van der Waals surface area contributed by atoms with Gasteiger partial charge in [-0.15, -0.1) is 16.1 Å². The fourth-order valence-electron chi connectivity index (χ4n) is 4.39. The molecule has 1 aliphatic heterocycles. The van der Waals surface area contributed by atoms with Crippen molar-refractivity contribution in [3.63, 3.8) is 0 Å². The Morgan fingerprint density at radius 3 is 2.66 bits per heavy atom. The van der Waals surface area contributed by atoms with Crippen molar-refractivity contribution in [1.29, 1.82) is 0 Å². The van der Waals surface area contributed by atoms with E-state index in [0.717, 1.165) is 23.2 Å². The van der Waals surface area contributed by atoms with Gasteiger partial charge in [0.05, 0.1) is 6.04 Å². The quantitative estimate of drug-likeness (QED) is 0.637. The van der Waals surface area contributed by atoms with E-state index in [9.17, 15) is 9.35 Å². The Balaban J connectivity index is 1.54. The largest absolute Gasteiger partial charge is 0.598 e. The Labute approximate surface area is 187 Å². The lowest BCUT2D eigenvalue weighted by Gasteiger charge is -2.43. The summed E-state index contributed by atoms with van der Waals surface area (Å²) in [6.45, 7) is 7.38. The third kappa shape index (κ3) is 4.14. The normalized spacial score (nSPS) is 22.0. The molecule has 1 aliphatic carbocycles. The molecule has 0 radical (unpaired) electrons. The first-order chi connectivity index (χ1) is 13.7. The van der Waals surface area contributed by atoms with Gasteiger partial charge >= 0.3 is 0 Å². The van der Waals surface area contributed by atoms with Gasteiger partial charge in [0.1, 0.15) is 10.4 Å². The number of thiazole rings is 1. The summed E-state index contributed by atoms with van der Waals surface area (Å²) >= 11 is 3.62. The molecule has 0 unspecified atom stereocenters. The van der Waals surface area contributed by atoms with E-state index < -0.39 is 11.4 Å². The molecule has 2 aromatic rings. The lowest BCUT2D eigenvalue weighted by Crippen LogP contribution is -2.50. The van der Waals surface area contributed by atoms with Crippen LogP contribution in [0.1, 0.15) is 61.3 Å². The molecular formula is C21H26BrN3O2S2. The summed E-state index contributed by atoms with van der Waals surface area (Å²) in [7, 11) is 0. The number of fused-ring (bicyclic) bond motifs is 1. The number of likely N-dealkylation sites (tertiary alicyclic amines) is 1. The zero-order valence-electron chi connectivity index (χ0n) is 16.9. The van der Waals surface area contributed by atoms with Crippen LogP contribution >= 0.6 is 27.3 Å². The SMILES string of the molecule is CC(C)(C)[S@+]([O-])N[C@@H]1c2ccccc2CC12CCN(C(=O)c1csc(Br)n1)CC2. The first-order valence-corrected chi connectivity index (χ1v) is 12.7. The molecular weight excluding hydrogens is 470 g/mol. The highest BCUT2D eigenvalue weighted by Gasteiger charge is 2.50. The highest BCUT2D eigenvalue weighted by atomic mass is 79.9. The van der Waals surface area contributed by atoms with Gasteiger partial charge in [-0.1, -0.05) is 24.3 Å². The third-order valence-electron chi connectivity index (χ3n) is 6.04. The highest BCUT2D eigenvalue weighted by Crippen LogP contribution is 2.52. The maximum Gasteiger partial charge on any atom is 0.273 e. The Bertz CT molecular complexity index is 903. The van der Waals surface area contributed by atoms with E-state index in [1.165, 1.54) is 22.5 Å². The van der Waals surface area contributed by atoms with E-state index in [1.807, 2.05) is 25.7 Å². The number of carbonyl (C=O) groups excluding carboxylic acids is 1. The number of halogens is 1. The average molecular weight is 496 g/mol. The van der Waals surface area contributed by atoms with Gasteiger partial charge in [0, 0.05) is 35.2 Å². The van der Waals surface area contributed by atoms with Crippen LogP contribution in [0.2, 0.25) is 0 Å². The van der Waals surface area contributed by atoms with Crippen molar-refractivity contribution >= 4 is 44.5 Å². The molecule has 2 heterocycles. The second-order valence-corrected chi connectivity index (χ2v) is 13.1. The lowest BCUT2D eigenvalue weighted by atomic mass is 9.73. The number of aromatic nitrogens is 1. The van der Waals surface area contributed by atoms with E-state index in [4.69, 9.17) is 0 Å². The molecule has 5 nitrogen and oxygen atoms in total. The summed E-state index contributed by atoms with van der Waals surface area (Å²) in [4.78, 5) is 19.0. The van der Waals surface area contributed by atoms with Gasteiger partial charge in [-0.05, 0) is 67.1 Å². The fraction of sp³-hybridized carbons (Fsp3) is 0.524. The lowest BCUT2D eigenvalue weighted by molar-refractivity contribution is 0.0522. The maximum atomic E-state index is 12.9. The number of rotatable bonds is 3. The Morgan fingerprint density at radius 1 is 1.34 bits per heavy atom. The molecule has 1 amide bonds. The molecule has 1 spiro atoms. The number of nitrogens with one attached hydrogen (secondary N) is 1. The van der Waals surface area contributed by atoms with Crippen molar-refractivity contribution in [2.45, 2.75) is 50.8 Å². The first-order valence-electron chi connectivity index (χ1n) is 9.86. The molecule has 2 atom stereocenters. The van der Waals surface area contributed by atoms with Crippen LogP contribution in [-0.4, -0.2) is 38.2 Å². The molecule has 1 fully saturated rings. The third-order valence-corrected chi connectivity index (χ3v) is 8.97. The van der Waals surface area contributed by atoms with Crippen LogP contribution in [0.3, 0.4) is 0 Å². The molecule has 156 valence electrons. The number of piperidine rings is 1. The molecule has 1 saturated heterocycles. The van der Waals surface area contributed by atoms with E-state index in [-0.39, 0.29) is 22.1 Å². The second-order valence-electron chi connectivity index (χ2n) is 8.95. The zero-order valence-corrected chi connectivity index (χ0v) is 20.1. The van der Waals surface area contributed by atoms with Crippen molar-refractivity contribution in [3.05, 3.63) is 50.4 Å². The van der Waals surface area contributed by atoms with E-state index in [0.29, 0.717) is 18.8 Å². The molecule has 0 saturated carbocycles. The second kappa shape index (κ2) is 7.96. The fourth-order valence-corrected chi connectivity index (χ4v) is 6.32. The minimum Gasteiger partial charge on any atom is -0.598 e. The van der Waals surface area contributed by atoms with Gasteiger partial charge in [0.25, 0.3) is 5.91 Å². The molecule has 1 N–H and O–H groups in total. The van der Waals surface area contributed by atoms with Crippen molar-refractivity contribution in [1.82, 2.24) is 14.6 Å². The predicted molar refractivity (Wildman–Crippen MR) is 121 cm³/mol. The first kappa shape index (κ1) is 21.3. The van der Waals surface area contributed by atoms with Crippen LogP contribution in [-0.2, 0) is 17.8 Å². The zero-order chi connectivity index (χ0) is 20.8. The number of hydrogen-bond donors (Lipinski definition) is 1. The Hall–Kier alpha value is -0.930. The van der Waals surface area contributed by atoms with Crippen LogP contribution < -0.4 is 4.72 Å². The minimum atomic E-state index is -1.15. The van der Waals surface area contributed by atoms with E-state index in [2.05, 4.69) is 49.9 Å². The van der Waals surface area contributed by atoms with Crippen LogP contribution in [0.15, 0.2) is 33.6 Å². The van der Waals surface area contributed by atoms with Gasteiger partial charge < -0.3 is 9.45 Å². The van der Waals surface area contributed by atoms with Crippen LogP contribution in [0.4, 0.5) is 0 Å². The molecule has 4 rings (SSSR count). The Kier molecular flexibility index (Phi) is 5.85. The average Bonchev–Trinajstić information content (AvgIpc) is 3.23. The maximum absolute atomic E-state index is 12.9. The topological polar surface area (TPSA) is 68.3 Å². The van der Waals surface area contributed by atoms with Crippen LogP contribution in [0.5, 0.6) is 0 Å². The molecule has 8 heteroatoms. The molecule has 1 aromatic carbocycles. The van der Waals surface area contributed by atoms with Crippen LogP contribution in [0.25, 0.3) is 0 Å². The molecule has 29 heavy (non-hydrogen) atoms. The minimum absolute atomic E-state index is 0.0000817. The number of carbonyl (C=O) groups is 1. The molecule has 2 aliphatic rings. The standard InChI is InChI=1S/C21H26BrN3O2S2/c1-20(2,3)29(27)24-17-15-7-5-4-6-14(15)12-21(17)8-10-25(11-9-21)18(26)16-13-28-19(22)23-16/h4-7,13,17,24H,8-12H2,1-3H3/t17-,29+/m1/s1. The van der Waals surface area contributed by atoms with Crippen molar-refractivity contribution in [2.75, 3.05) is 13.1 Å². The van der Waals surface area contributed by atoms with Gasteiger partial charge in [-0.25, -0.2) is 4.98 Å². The highest BCUT2D eigenvalue weighted by molar-refractivity contribution is 9.11. The Morgan fingerprint density at radius 2 is 2.03 bits per heavy atom. The summed E-state index contributed by atoms with van der Waals surface area (Å²) < 4.78 is 16.8. The summed E-state index contributed by atoms with van der Waals surface area (Å²) in [6.07, 6.45) is 2.74.